The summed E-state index contributed by atoms with van der Waals surface area (Å²) in [7, 11) is 0. The zero-order valence-corrected chi connectivity index (χ0v) is 12.4. The van der Waals surface area contributed by atoms with Gasteiger partial charge in [0.25, 0.3) is 0 Å². The zero-order valence-electron chi connectivity index (χ0n) is 11.5. The van der Waals surface area contributed by atoms with Crippen molar-refractivity contribution in [3.8, 4) is 0 Å². The molecule has 0 amide bonds. The van der Waals surface area contributed by atoms with Gasteiger partial charge in [0.2, 0.25) is 5.89 Å². The number of hydrogen-bond acceptors (Lipinski definition) is 6. The Morgan fingerprint density at radius 3 is 3.10 bits per heavy atom. The van der Waals surface area contributed by atoms with Crippen LogP contribution < -0.4 is 5.32 Å². The fourth-order valence-corrected chi connectivity index (χ4v) is 3.25. The third kappa shape index (κ3) is 2.31. The monoisotopic (exact) mass is 298 g/mol. The number of benzene rings is 1. The van der Waals surface area contributed by atoms with Gasteiger partial charge in [-0.15, -0.1) is 11.3 Å². The summed E-state index contributed by atoms with van der Waals surface area (Å²) in [6.07, 6.45) is 0.621. The van der Waals surface area contributed by atoms with Gasteiger partial charge in [0, 0.05) is 17.6 Å². The maximum absolute atomic E-state index is 5.46. The van der Waals surface area contributed by atoms with Crippen molar-refractivity contribution in [2.75, 3.05) is 11.9 Å². The largest absolute Gasteiger partial charge is 0.384 e. The summed E-state index contributed by atoms with van der Waals surface area (Å²) in [5.41, 5.74) is 3.37. The lowest BCUT2D eigenvalue weighted by molar-refractivity contribution is 0.366. The van der Waals surface area contributed by atoms with Crippen molar-refractivity contribution in [3.63, 3.8) is 0 Å². The minimum absolute atomic E-state index is 0.139. The molecule has 1 aromatic carbocycles. The second-order valence-corrected chi connectivity index (χ2v) is 6.17. The first-order chi connectivity index (χ1) is 10.3. The van der Waals surface area contributed by atoms with Crippen LogP contribution in [0.3, 0.4) is 0 Å². The maximum atomic E-state index is 5.46. The van der Waals surface area contributed by atoms with E-state index in [0.717, 1.165) is 22.9 Å². The number of nitrogens with one attached hydrogen (secondary N) is 1. The molecule has 0 fully saturated rings. The van der Waals surface area contributed by atoms with Crippen LogP contribution in [0, 0.1) is 6.92 Å². The molecule has 0 aliphatic carbocycles. The number of aromatic nitrogens is 3. The maximum Gasteiger partial charge on any atom is 0.236 e. The van der Waals surface area contributed by atoms with E-state index in [2.05, 4.69) is 32.6 Å². The molecule has 4 rings (SSSR count). The minimum atomic E-state index is 0.139. The molecule has 0 saturated carbocycles. The van der Waals surface area contributed by atoms with Gasteiger partial charge < -0.3 is 9.84 Å². The molecule has 1 aliphatic heterocycles. The first kappa shape index (κ1) is 12.5. The van der Waals surface area contributed by atoms with Crippen LogP contribution in [-0.2, 0) is 6.42 Å². The Morgan fingerprint density at radius 1 is 1.33 bits per heavy atom. The Hall–Kier alpha value is -2.21. The van der Waals surface area contributed by atoms with Crippen LogP contribution in [0.25, 0.3) is 0 Å². The highest BCUT2D eigenvalue weighted by atomic mass is 32.1. The quantitative estimate of drug-likeness (QED) is 0.805. The van der Waals surface area contributed by atoms with Crippen molar-refractivity contribution in [1.82, 2.24) is 15.1 Å². The Labute approximate surface area is 126 Å². The topological polar surface area (TPSA) is 63.8 Å². The van der Waals surface area contributed by atoms with E-state index < -0.39 is 0 Å². The third-order valence-corrected chi connectivity index (χ3v) is 4.44. The number of para-hydroxylation sites is 1. The van der Waals surface area contributed by atoms with Gasteiger partial charge in [0.05, 0.1) is 23.0 Å². The number of anilines is 1. The molecular formula is C15H14N4OS. The average molecular weight is 298 g/mol. The van der Waals surface area contributed by atoms with Crippen LogP contribution in [-0.4, -0.2) is 21.7 Å². The molecule has 0 bridgehead atoms. The van der Waals surface area contributed by atoms with E-state index in [0.29, 0.717) is 18.1 Å². The van der Waals surface area contributed by atoms with E-state index in [-0.39, 0.29) is 5.92 Å². The van der Waals surface area contributed by atoms with E-state index in [1.807, 2.05) is 24.4 Å². The van der Waals surface area contributed by atoms with E-state index >= 15 is 0 Å². The van der Waals surface area contributed by atoms with Gasteiger partial charge in [-0.3, -0.25) is 0 Å². The highest BCUT2D eigenvalue weighted by Crippen LogP contribution is 2.35. The molecule has 6 heteroatoms. The summed E-state index contributed by atoms with van der Waals surface area (Å²) >= 11 is 1.64. The summed E-state index contributed by atoms with van der Waals surface area (Å²) < 4.78 is 5.46. The molecule has 106 valence electrons. The molecule has 1 atom stereocenters. The van der Waals surface area contributed by atoms with Crippen LogP contribution in [0.4, 0.5) is 5.69 Å². The second kappa shape index (κ2) is 4.96. The summed E-state index contributed by atoms with van der Waals surface area (Å²) in [6.45, 7) is 2.80. The van der Waals surface area contributed by atoms with Crippen LogP contribution >= 0.6 is 11.3 Å². The molecule has 0 saturated heterocycles. The molecule has 5 nitrogen and oxygen atoms in total. The number of nitrogens with zero attached hydrogens (tertiary/aromatic N) is 3. The van der Waals surface area contributed by atoms with Crippen LogP contribution in [0.1, 0.15) is 33.9 Å². The van der Waals surface area contributed by atoms with Crippen molar-refractivity contribution < 1.29 is 4.52 Å². The van der Waals surface area contributed by atoms with E-state index in [4.69, 9.17) is 4.52 Å². The molecule has 0 spiro atoms. The molecule has 0 radical (unpaired) electrons. The van der Waals surface area contributed by atoms with Crippen LogP contribution in [0.2, 0.25) is 0 Å². The summed E-state index contributed by atoms with van der Waals surface area (Å²) in [6, 6.07) is 8.24. The molecule has 3 aromatic rings. The third-order valence-electron chi connectivity index (χ3n) is 3.62. The summed E-state index contributed by atoms with van der Waals surface area (Å²) in [4.78, 5) is 8.98. The normalized spacial score (nSPS) is 16.7. The smallest absolute Gasteiger partial charge is 0.236 e. The molecular weight excluding hydrogens is 284 g/mol. The minimum Gasteiger partial charge on any atom is -0.384 e. The number of hydrogen-bond donors (Lipinski definition) is 1. The number of aryl methyl sites for hydroxylation is 1. The van der Waals surface area contributed by atoms with Gasteiger partial charge in [0.15, 0.2) is 5.82 Å². The number of thiazole rings is 1. The fraction of sp³-hybridized carbons (Fsp3) is 0.267. The summed E-state index contributed by atoms with van der Waals surface area (Å²) in [5, 5.41) is 10.6. The van der Waals surface area contributed by atoms with Crippen molar-refractivity contribution in [3.05, 3.63) is 57.6 Å². The SMILES string of the molecule is Cc1nc(Cc2noc(C3CNc4ccccc43)n2)cs1. The first-order valence-electron chi connectivity index (χ1n) is 6.86. The van der Waals surface area contributed by atoms with E-state index in [9.17, 15) is 0 Å². The Balaban J connectivity index is 1.58. The lowest BCUT2D eigenvalue weighted by Crippen LogP contribution is -2.04. The fourth-order valence-electron chi connectivity index (χ4n) is 2.64. The summed E-state index contributed by atoms with van der Waals surface area (Å²) in [5.74, 6) is 1.51. The van der Waals surface area contributed by atoms with Gasteiger partial charge >= 0.3 is 0 Å². The molecule has 1 unspecified atom stereocenters. The van der Waals surface area contributed by atoms with E-state index in [1.165, 1.54) is 5.56 Å². The second-order valence-electron chi connectivity index (χ2n) is 5.10. The Morgan fingerprint density at radius 2 is 2.24 bits per heavy atom. The molecule has 1 aliphatic rings. The molecule has 2 aromatic heterocycles. The lowest BCUT2D eigenvalue weighted by Gasteiger charge is -2.02. The van der Waals surface area contributed by atoms with Crippen molar-refractivity contribution >= 4 is 17.0 Å². The van der Waals surface area contributed by atoms with Gasteiger partial charge in [-0.05, 0) is 18.6 Å². The molecule has 3 heterocycles. The highest BCUT2D eigenvalue weighted by molar-refractivity contribution is 7.09. The predicted molar refractivity (Wildman–Crippen MR) is 80.7 cm³/mol. The molecule has 21 heavy (non-hydrogen) atoms. The van der Waals surface area contributed by atoms with Crippen LogP contribution in [0.15, 0.2) is 34.2 Å². The number of fused-ring (bicyclic) bond motifs is 1. The van der Waals surface area contributed by atoms with Crippen LogP contribution in [0.5, 0.6) is 0 Å². The Bertz CT molecular complexity index is 779. The van der Waals surface area contributed by atoms with E-state index in [1.54, 1.807) is 11.3 Å². The Kier molecular flexibility index (Phi) is 2.96. The van der Waals surface area contributed by atoms with Gasteiger partial charge in [-0.25, -0.2) is 4.98 Å². The van der Waals surface area contributed by atoms with Gasteiger partial charge in [-0.2, -0.15) is 4.98 Å². The highest BCUT2D eigenvalue weighted by Gasteiger charge is 2.28. The van der Waals surface area contributed by atoms with Gasteiger partial charge in [0.1, 0.15) is 0 Å². The zero-order chi connectivity index (χ0) is 14.2. The first-order valence-corrected chi connectivity index (χ1v) is 7.74. The van der Waals surface area contributed by atoms with Crippen molar-refractivity contribution in [1.29, 1.82) is 0 Å². The lowest BCUT2D eigenvalue weighted by atomic mass is 10.0. The van der Waals surface area contributed by atoms with Crippen molar-refractivity contribution in [2.24, 2.45) is 0 Å². The average Bonchev–Trinajstić information content (AvgIpc) is 3.19. The predicted octanol–water partition coefficient (Wildman–Crippen LogP) is 2.98. The standard InChI is InChI=1S/C15H14N4OS/c1-9-17-10(8-21-9)6-14-18-15(20-19-14)12-7-16-13-5-3-2-4-11(12)13/h2-5,8,12,16H,6-7H2,1H3. The van der Waals surface area contributed by atoms with Gasteiger partial charge in [-0.1, -0.05) is 23.4 Å². The van der Waals surface area contributed by atoms with Crippen molar-refractivity contribution in [2.45, 2.75) is 19.3 Å². The number of rotatable bonds is 3. The molecule has 1 N–H and O–H groups in total.